The molecule has 0 aliphatic carbocycles. The molecule has 1 aromatic heterocycles. The first-order valence-corrected chi connectivity index (χ1v) is 8.69. The van der Waals surface area contributed by atoms with Crippen molar-refractivity contribution in [1.29, 1.82) is 0 Å². The maximum Gasteiger partial charge on any atom is 0.224 e. The summed E-state index contributed by atoms with van der Waals surface area (Å²) in [5.41, 5.74) is 0.918. The lowest BCUT2D eigenvalue weighted by molar-refractivity contribution is 0.122. The fourth-order valence-corrected chi connectivity index (χ4v) is 3.28. The summed E-state index contributed by atoms with van der Waals surface area (Å²) in [5.74, 6) is 1.61. The van der Waals surface area contributed by atoms with Crippen molar-refractivity contribution < 1.29 is 4.74 Å². The normalized spacial score (nSPS) is 15.1. The van der Waals surface area contributed by atoms with Crippen LogP contribution >= 0.6 is 35.0 Å². The van der Waals surface area contributed by atoms with Gasteiger partial charge in [0, 0.05) is 34.8 Å². The summed E-state index contributed by atoms with van der Waals surface area (Å²) in [6, 6.07) is 9.77. The van der Waals surface area contributed by atoms with Crippen LogP contribution in [0.5, 0.6) is 0 Å². The van der Waals surface area contributed by atoms with Crippen LogP contribution in [0.3, 0.4) is 0 Å². The molecule has 7 heteroatoms. The molecule has 0 unspecified atom stereocenters. The number of morpholine rings is 1. The Morgan fingerprint density at radius 1 is 1.09 bits per heavy atom. The number of nitrogens with zero attached hydrogens (tertiary/aromatic N) is 3. The van der Waals surface area contributed by atoms with E-state index in [0.29, 0.717) is 0 Å². The van der Waals surface area contributed by atoms with Crippen LogP contribution in [0.2, 0.25) is 10.3 Å². The highest BCUT2D eigenvalue weighted by atomic mass is 35.5. The summed E-state index contributed by atoms with van der Waals surface area (Å²) in [7, 11) is 0. The molecule has 1 saturated heterocycles. The predicted octanol–water partition coefficient (Wildman–Crippen LogP) is 3.91. The highest BCUT2D eigenvalue weighted by Gasteiger charge is 2.14. The molecule has 1 aromatic carbocycles. The van der Waals surface area contributed by atoms with Crippen LogP contribution in [0.25, 0.3) is 0 Å². The van der Waals surface area contributed by atoms with E-state index in [1.165, 1.54) is 0 Å². The number of halogens is 2. The maximum atomic E-state index is 6.06. The van der Waals surface area contributed by atoms with Crippen LogP contribution in [0.1, 0.15) is 5.69 Å². The van der Waals surface area contributed by atoms with E-state index in [4.69, 9.17) is 27.9 Å². The van der Waals surface area contributed by atoms with Gasteiger partial charge in [-0.1, -0.05) is 11.6 Å². The van der Waals surface area contributed by atoms with Crippen molar-refractivity contribution in [3.05, 3.63) is 46.3 Å². The smallest absolute Gasteiger partial charge is 0.224 e. The summed E-state index contributed by atoms with van der Waals surface area (Å²) in [6.45, 7) is 3.10. The van der Waals surface area contributed by atoms with Crippen LogP contribution in [0.15, 0.2) is 35.2 Å². The van der Waals surface area contributed by atoms with Gasteiger partial charge in [0.1, 0.15) is 5.82 Å². The number of anilines is 1. The molecule has 0 amide bonds. The first kappa shape index (κ1) is 15.9. The Kier molecular flexibility index (Phi) is 5.41. The van der Waals surface area contributed by atoms with Crippen molar-refractivity contribution >= 4 is 40.8 Å². The molecule has 0 bridgehead atoms. The summed E-state index contributed by atoms with van der Waals surface area (Å²) in [4.78, 5) is 12.0. The molecular weight excluding hydrogens is 341 g/mol. The predicted molar refractivity (Wildman–Crippen MR) is 91.1 cm³/mol. The lowest BCUT2D eigenvalue weighted by atomic mass is 10.3. The van der Waals surface area contributed by atoms with Crippen LogP contribution in [-0.2, 0) is 10.5 Å². The molecule has 4 nitrogen and oxygen atoms in total. The second kappa shape index (κ2) is 7.51. The molecule has 1 aliphatic rings. The Labute approximate surface area is 143 Å². The van der Waals surface area contributed by atoms with Crippen molar-refractivity contribution in [2.45, 2.75) is 10.6 Å². The van der Waals surface area contributed by atoms with Gasteiger partial charge in [0.05, 0.1) is 18.9 Å². The first-order valence-electron chi connectivity index (χ1n) is 6.95. The van der Waals surface area contributed by atoms with Gasteiger partial charge in [-0.3, -0.25) is 0 Å². The second-order valence-electron chi connectivity index (χ2n) is 4.83. The third kappa shape index (κ3) is 4.26. The fraction of sp³-hybridized carbons (Fsp3) is 0.333. The van der Waals surface area contributed by atoms with Crippen LogP contribution in [0.4, 0.5) is 5.82 Å². The molecule has 1 fully saturated rings. The average Bonchev–Trinajstić information content (AvgIpc) is 2.55. The maximum absolute atomic E-state index is 6.06. The molecule has 116 valence electrons. The van der Waals surface area contributed by atoms with Gasteiger partial charge < -0.3 is 9.64 Å². The van der Waals surface area contributed by atoms with E-state index in [0.717, 1.165) is 53.5 Å². The van der Waals surface area contributed by atoms with Gasteiger partial charge in [0.2, 0.25) is 5.28 Å². The number of aromatic nitrogens is 2. The summed E-state index contributed by atoms with van der Waals surface area (Å²) >= 11 is 13.7. The van der Waals surface area contributed by atoms with Crippen molar-refractivity contribution in [2.75, 3.05) is 31.2 Å². The molecule has 3 rings (SSSR count). The standard InChI is InChI=1S/C15H15Cl2N3OS/c16-11-1-3-13(4-2-11)22-10-12-9-14(19-15(17)18-12)20-5-7-21-8-6-20/h1-4,9H,5-8,10H2. The molecule has 2 aromatic rings. The van der Waals surface area contributed by atoms with Gasteiger partial charge in [0.15, 0.2) is 0 Å². The third-order valence-corrected chi connectivity index (χ3v) is 4.74. The Hall–Kier alpha value is -1.01. The number of ether oxygens (including phenoxy) is 1. The first-order chi connectivity index (χ1) is 10.7. The average molecular weight is 356 g/mol. The SMILES string of the molecule is Clc1ccc(SCc2cc(N3CCOCC3)nc(Cl)n2)cc1. The van der Waals surface area contributed by atoms with Crippen LogP contribution < -0.4 is 4.90 Å². The van der Waals surface area contributed by atoms with Gasteiger partial charge >= 0.3 is 0 Å². The van der Waals surface area contributed by atoms with Gasteiger partial charge in [-0.05, 0) is 35.9 Å². The Bertz CT molecular complexity index is 633. The third-order valence-electron chi connectivity index (χ3n) is 3.27. The topological polar surface area (TPSA) is 38.2 Å². The van der Waals surface area contributed by atoms with Gasteiger partial charge in [-0.15, -0.1) is 11.8 Å². The number of hydrogen-bond acceptors (Lipinski definition) is 5. The zero-order chi connectivity index (χ0) is 15.4. The minimum Gasteiger partial charge on any atom is -0.378 e. The zero-order valence-corrected chi connectivity index (χ0v) is 14.2. The molecular formula is C15H15Cl2N3OS. The molecule has 0 N–H and O–H groups in total. The van der Waals surface area contributed by atoms with E-state index < -0.39 is 0 Å². The molecule has 0 spiro atoms. The minimum absolute atomic E-state index is 0.288. The van der Waals surface area contributed by atoms with E-state index in [-0.39, 0.29) is 5.28 Å². The van der Waals surface area contributed by atoms with Crippen molar-refractivity contribution in [3.8, 4) is 0 Å². The van der Waals surface area contributed by atoms with E-state index in [1.807, 2.05) is 30.3 Å². The Morgan fingerprint density at radius 3 is 2.55 bits per heavy atom. The van der Waals surface area contributed by atoms with Gasteiger partial charge in [0.25, 0.3) is 0 Å². The van der Waals surface area contributed by atoms with Crippen LogP contribution in [-0.4, -0.2) is 36.3 Å². The van der Waals surface area contributed by atoms with Crippen molar-refractivity contribution in [2.24, 2.45) is 0 Å². The molecule has 0 saturated carbocycles. The van der Waals surface area contributed by atoms with E-state index in [2.05, 4.69) is 14.9 Å². The quantitative estimate of drug-likeness (QED) is 0.613. The number of benzene rings is 1. The summed E-state index contributed by atoms with van der Waals surface area (Å²) < 4.78 is 5.36. The Balaban J connectivity index is 1.70. The fourth-order valence-electron chi connectivity index (χ4n) is 2.17. The van der Waals surface area contributed by atoms with E-state index >= 15 is 0 Å². The zero-order valence-electron chi connectivity index (χ0n) is 11.8. The Morgan fingerprint density at radius 2 is 1.82 bits per heavy atom. The number of rotatable bonds is 4. The summed E-state index contributed by atoms with van der Waals surface area (Å²) in [5, 5.41) is 1.03. The molecule has 1 aliphatic heterocycles. The monoisotopic (exact) mass is 355 g/mol. The highest BCUT2D eigenvalue weighted by Crippen LogP contribution is 2.25. The van der Waals surface area contributed by atoms with E-state index in [9.17, 15) is 0 Å². The molecule has 0 atom stereocenters. The minimum atomic E-state index is 0.288. The lowest BCUT2D eigenvalue weighted by Crippen LogP contribution is -2.36. The van der Waals surface area contributed by atoms with Crippen LogP contribution in [0, 0.1) is 0 Å². The second-order valence-corrected chi connectivity index (χ2v) is 6.65. The molecule has 22 heavy (non-hydrogen) atoms. The number of hydrogen-bond donors (Lipinski definition) is 0. The molecule has 2 heterocycles. The van der Waals surface area contributed by atoms with Crippen molar-refractivity contribution in [1.82, 2.24) is 9.97 Å². The summed E-state index contributed by atoms with van der Waals surface area (Å²) in [6.07, 6.45) is 0. The van der Waals surface area contributed by atoms with Crippen molar-refractivity contribution in [3.63, 3.8) is 0 Å². The molecule has 0 radical (unpaired) electrons. The number of thioether (sulfide) groups is 1. The van der Waals surface area contributed by atoms with E-state index in [1.54, 1.807) is 11.8 Å². The lowest BCUT2D eigenvalue weighted by Gasteiger charge is -2.28. The highest BCUT2D eigenvalue weighted by molar-refractivity contribution is 7.98. The van der Waals surface area contributed by atoms with Gasteiger partial charge in [-0.2, -0.15) is 0 Å². The van der Waals surface area contributed by atoms with Gasteiger partial charge in [-0.25, -0.2) is 9.97 Å². The largest absolute Gasteiger partial charge is 0.378 e.